The van der Waals surface area contributed by atoms with Gasteiger partial charge in [0.05, 0.1) is 24.7 Å². The van der Waals surface area contributed by atoms with Gasteiger partial charge >= 0.3 is 0 Å². The summed E-state index contributed by atoms with van der Waals surface area (Å²) in [5.41, 5.74) is 3.67. The minimum Gasteiger partial charge on any atom is -0.504 e. The number of methoxy groups -OCH3 is 1. The third-order valence-electron chi connectivity index (χ3n) is 4.43. The summed E-state index contributed by atoms with van der Waals surface area (Å²) in [5.74, 6) is 0.0459. The highest BCUT2D eigenvalue weighted by atomic mass is 16.5. The van der Waals surface area contributed by atoms with Crippen LogP contribution < -0.4 is 10.1 Å². The number of rotatable bonds is 2. The maximum Gasteiger partial charge on any atom is 0.161 e. The Morgan fingerprint density at radius 2 is 2.17 bits per heavy atom. The van der Waals surface area contributed by atoms with E-state index in [0.29, 0.717) is 23.3 Å². The van der Waals surface area contributed by atoms with E-state index in [1.54, 1.807) is 12.1 Å². The van der Waals surface area contributed by atoms with Crippen LogP contribution in [0.2, 0.25) is 0 Å². The SMILES string of the molecule is COc1cc([C@@H]2C(C#N)=C(C)NC3=C2C(=O)CCC3)ccc1O. The van der Waals surface area contributed by atoms with Gasteiger partial charge in [0.15, 0.2) is 17.3 Å². The van der Waals surface area contributed by atoms with Gasteiger partial charge in [-0.05, 0) is 37.5 Å². The van der Waals surface area contributed by atoms with Crippen LogP contribution >= 0.6 is 0 Å². The molecule has 118 valence electrons. The number of carbonyl (C=O) groups is 1. The van der Waals surface area contributed by atoms with E-state index >= 15 is 0 Å². The lowest BCUT2D eigenvalue weighted by molar-refractivity contribution is -0.116. The predicted molar refractivity (Wildman–Crippen MR) is 84.7 cm³/mol. The van der Waals surface area contributed by atoms with Crippen molar-refractivity contribution in [2.24, 2.45) is 0 Å². The number of nitrogens with zero attached hydrogens (tertiary/aromatic N) is 1. The molecule has 0 fully saturated rings. The number of benzene rings is 1. The molecule has 0 saturated heterocycles. The Morgan fingerprint density at radius 3 is 2.87 bits per heavy atom. The molecule has 1 aromatic carbocycles. The second kappa shape index (κ2) is 5.81. The first kappa shape index (κ1) is 15.2. The number of nitriles is 1. The topological polar surface area (TPSA) is 82.3 Å². The highest BCUT2D eigenvalue weighted by molar-refractivity contribution is 5.99. The van der Waals surface area contributed by atoms with E-state index in [2.05, 4.69) is 11.4 Å². The minimum atomic E-state index is -0.404. The molecule has 23 heavy (non-hydrogen) atoms. The molecule has 2 N–H and O–H groups in total. The van der Waals surface area contributed by atoms with E-state index in [1.165, 1.54) is 13.2 Å². The van der Waals surface area contributed by atoms with Gasteiger partial charge in [-0.1, -0.05) is 6.07 Å². The molecule has 1 heterocycles. The number of hydrogen-bond acceptors (Lipinski definition) is 5. The number of Topliss-reactive ketones (excluding diaryl/α,β-unsaturated/α-hetero) is 1. The number of aromatic hydroxyl groups is 1. The van der Waals surface area contributed by atoms with Crippen molar-refractivity contribution in [1.29, 1.82) is 5.26 Å². The van der Waals surface area contributed by atoms with Gasteiger partial charge in [0.2, 0.25) is 0 Å². The van der Waals surface area contributed by atoms with E-state index in [1.807, 2.05) is 6.92 Å². The normalized spacial score (nSPS) is 20.7. The van der Waals surface area contributed by atoms with Crippen LogP contribution in [0.5, 0.6) is 11.5 Å². The molecule has 1 aliphatic heterocycles. The Labute approximate surface area is 134 Å². The zero-order valence-electron chi connectivity index (χ0n) is 13.1. The molecule has 0 spiro atoms. The Bertz CT molecular complexity index is 784. The molecule has 0 amide bonds. The Balaban J connectivity index is 2.19. The van der Waals surface area contributed by atoms with Crippen molar-refractivity contribution >= 4 is 5.78 Å². The standard InChI is InChI=1S/C18H18N2O3/c1-10-12(9-19)17(11-6-7-14(21)16(8-11)23-2)18-13(20-10)4-3-5-15(18)22/h6-8,17,20-21H,3-5H2,1-2H3/t17-/m1/s1. The van der Waals surface area contributed by atoms with E-state index in [9.17, 15) is 15.2 Å². The van der Waals surface area contributed by atoms with Crippen LogP contribution in [0.4, 0.5) is 0 Å². The summed E-state index contributed by atoms with van der Waals surface area (Å²) < 4.78 is 5.17. The lowest BCUT2D eigenvalue weighted by atomic mass is 9.75. The smallest absolute Gasteiger partial charge is 0.161 e. The number of ether oxygens (including phenoxy) is 1. The summed E-state index contributed by atoms with van der Waals surface area (Å²) in [6, 6.07) is 7.21. The van der Waals surface area contributed by atoms with Crippen LogP contribution in [-0.2, 0) is 4.79 Å². The molecule has 0 bridgehead atoms. The fraction of sp³-hybridized carbons (Fsp3) is 0.333. The Kier molecular flexibility index (Phi) is 3.83. The third kappa shape index (κ3) is 2.46. The second-order valence-corrected chi connectivity index (χ2v) is 5.81. The molecule has 0 unspecified atom stereocenters. The molecule has 1 atom stereocenters. The lowest BCUT2D eigenvalue weighted by Crippen LogP contribution is -2.31. The van der Waals surface area contributed by atoms with Crippen LogP contribution in [-0.4, -0.2) is 18.0 Å². The second-order valence-electron chi connectivity index (χ2n) is 5.81. The largest absolute Gasteiger partial charge is 0.504 e. The van der Waals surface area contributed by atoms with Gasteiger partial charge in [-0.2, -0.15) is 5.26 Å². The first-order chi connectivity index (χ1) is 11.1. The van der Waals surface area contributed by atoms with Crippen molar-refractivity contribution in [3.63, 3.8) is 0 Å². The predicted octanol–water partition coefficient (Wildman–Crippen LogP) is 2.89. The van der Waals surface area contributed by atoms with Gasteiger partial charge in [0, 0.05) is 23.4 Å². The fourth-order valence-electron chi connectivity index (χ4n) is 3.34. The molecule has 5 nitrogen and oxygen atoms in total. The van der Waals surface area contributed by atoms with Gasteiger partial charge in [-0.25, -0.2) is 0 Å². The van der Waals surface area contributed by atoms with Crippen LogP contribution in [0, 0.1) is 11.3 Å². The molecule has 1 aliphatic carbocycles. The summed E-state index contributed by atoms with van der Waals surface area (Å²) in [6.07, 6.45) is 2.14. The molecule has 0 radical (unpaired) electrons. The van der Waals surface area contributed by atoms with Gasteiger partial charge in [-0.15, -0.1) is 0 Å². The molecule has 1 aromatic rings. The number of carbonyl (C=O) groups excluding carboxylic acids is 1. The maximum absolute atomic E-state index is 12.5. The van der Waals surface area contributed by atoms with Crippen molar-refractivity contribution in [1.82, 2.24) is 5.32 Å². The van der Waals surface area contributed by atoms with E-state index < -0.39 is 5.92 Å². The average Bonchev–Trinajstić information content (AvgIpc) is 2.54. The molecule has 0 aromatic heterocycles. The molecule has 3 rings (SSSR count). The van der Waals surface area contributed by atoms with Crippen molar-refractivity contribution in [2.75, 3.05) is 7.11 Å². The molecule has 0 saturated carbocycles. The third-order valence-corrected chi connectivity index (χ3v) is 4.43. The van der Waals surface area contributed by atoms with E-state index in [0.717, 1.165) is 29.8 Å². The quantitative estimate of drug-likeness (QED) is 0.877. The summed E-state index contributed by atoms with van der Waals surface area (Å²) in [4.78, 5) is 12.5. The fourth-order valence-corrected chi connectivity index (χ4v) is 3.34. The number of nitrogens with one attached hydrogen (secondary N) is 1. The minimum absolute atomic E-state index is 0.0357. The van der Waals surface area contributed by atoms with Crippen molar-refractivity contribution in [2.45, 2.75) is 32.1 Å². The number of dihydropyridines is 1. The zero-order chi connectivity index (χ0) is 16.6. The van der Waals surface area contributed by atoms with Crippen molar-refractivity contribution in [3.8, 4) is 17.6 Å². The van der Waals surface area contributed by atoms with Gasteiger partial charge < -0.3 is 15.2 Å². The number of ketones is 1. The van der Waals surface area contributed by atoms with Crippen molar-refractivity contribution < 1.29 is 14.6 Å². The number of phenolic OH excluding ortho intramolecular Hbond substituents is 1. The van der Waals surface area contributed by atoms with Crippen LogP contribution in [0.3, 0.4) is 0 Å². The number of phenols is 1. The van der Waals surface area contributed by atoms with Crippen LogP contribution in [0.15, 0.2) is 40.7 Å². The van der Waals surface area contributed by atoms with Crippen LogP contribution in [0.25, 0.3) is 0 Å². The van der Waals surface area contributed by atoms with Crippen molar-refractivity contribution in [3.05, 3.63) is 46.3 Å². The van der Waals surface area contributed by atoms with Gasteiger partial charge in [-0.3, -0.25) is 4.79 Å². The highest BCUT2D eigenvalue weighted by Gasteiger charge is 2.36. The highest BCUT2D eigenvalue weighted by Crippen LogP contribution is 2.43. The lowest BCUT2D eigenvalue weighted by Gasteiger charge is -2.32. The summed E-state index contributed by atoms with van der Waals surface area (Å²) >= 11 is 0. The summed E-state index contributed by atoms with van der Waals surface area (Å²) in [7, 11) is 1.48. The van der Waals surface area contributed by atoms with E-state index in [-0.39, 0.29) is 11.5 Å². The van der Waals surface area contributed by atoms with E-state index in [4.69, 9.17) is 4.74 Å². The Hall–Kier alpha value is -2.74. The molecule has 5 heteroatoms. The van der Waals surface area contributed by atoms with Crippen LogP contribution in [0.1, 0.15) is 37.7 Å². The summed E-state index contributed by atoms with van der Waals surface area (Å²) in [5, 5.41) is 22.6. The summed E-state index contributed by atoms with van der Waals surface area (Å²) in [6.45, 7) is 1.85. The average molecular weight is 310 g/mol. The van der Waals surface area contributed by atoms with Gasteiger partial charge in [0.25, 0.3) is 0 Å². The monoisotopic (exact) mass is 310 g/mol. The van der Waals surface area contributed by atoms with Gasteiger partial charge in [0.1, 0.15) is 0 Å². The number of allylic oxidation sites excluding steroid dienone is 4. The maximum atomic E-state index is 12.5. The Morgan fingerprint density at radius 1 is 1.39 bits per heavy atom. The number of hydrogen-bond donors (Lipinski definition) is 2. The zero-order valence-corrected chi connectivity index (χ0v) is 13.1. The first-order valence-electron chi connectivity index (χ1n) is 7.57. The molecular formula is C18H18N2O3. The first-order valence-corrected chi connectivity index (χ1v) is 7.57. The molecule has 2 aliphatic rings. The molecular weight excluding hydrogens is 292 g/mol.